The van der Waals surface area contributed by atoms with E-state index in [-0.39, 0.29) is 5.82 Å². The second kappa shape index (κ2) is 4.02. The first-order valence-corrected chi connectivity index (χ1v) is 5.18. The number of aromatic nitrogens is 2. The second-order valence-electron chi connectivity index (χ2n) is 2.97. The molecule has 0 fully saturated rings. The average molecular weight is 270 g/mol. The molecule has 0 aliphatic heterocycles. The van der Waals surface area contributed by atoms with Crippen molar-refractivity contribution in [1.82, 2.24) is 9.55 Å². The number of halogens is 2. The molecule has 5 heteroatoms. The summed E-state index contributed by atoms with van der Waals surface area (Å²) in [6.07, 6.45) is 3.49. The number of benzene rings is 1. The zero-order chi connectivity index (χ0) is 10.8. The van der Waals surface area contributed by atoms with Gasteiger partial charge in [-0.15, -0.1) is 0 Å². The second-order valence-corrected chi connectivity index (χ2v) is 3.82. The number of anilines is 1. The molecule has 0 saturated heterocycles. The monoisotopic (exact) mass is 269 g/mol. The first-order chi connectivity index (χ1) is 7.22. The summed E-state index contributed by atoms with van der Waals surface area (Å²) < 4.78 is 15.3. The van der Waals surface area contributed by atoms with Crippen LogP contribution in [-0.2, 0) is 0 Å². The van der Waals surface area contributed by atoms with Gasteiger partial charge in [0.2, 0.25) is 5.95 Å². The molecule has 0 amide bonds. The minimum Gasteiger partial charge on any atom is -0.358 e. The number of nitrogens with zero attached hydrogens (tertiary/aromatic N) is 2. The summed E-state index contributed by atoms with van der Waals surface area (Å²) in [6, 6.07) is 4.82. The van der Waals surface area contributed by atoms with E-state index >= 15 is 0 Å². The van der Waals surface area contributed by atoms with Gasteiger partial charge in [0.25, 0.3) is 0 Å². The Bertz CT molecular complexity index is 481. The van der Waals surface area contributed by atoms with E-state index in [0.717, 1.165) is 5.69 Å². The highest BCUT2D eigenvalue weighted by molar-refractivity contribution is 9.10. The minimum absolute atomic E-state index is 0.273. The molecule has 0 aliphatic carbocycles. The van der Waals surface area contributed by atoms with Crippen LogP contribution >= 0.6 is 15.9 Å². The summed E-state index contributed by atoms with van der Waals surface area (Å²) in [7, 11) is 1.79. The summed E-state index contributed by atoms with van der Waals surface area (Å²) >= 11 is 3.15. The number of hydrogen-bond donors (Lipinski definition) is 1. The molecular formula is C10H9BrFN3. The zero-order valence-electron chi connectivity index (χ0n) is 8.04. The predicted octanol–water partition coefficient (Wildman–Crippen LogP) is 2.82. The van der Waals surface area contributed by atoms with Crippen molar-refractivity contribution in [3.05, 3.63) is 40.9 Å². The van der Waals surface area contributed by atoms with E-state index in [1.807, 2.05) is 10.8 Å². The van der Waals surface area contributed by atoms with Crippen LogP contribution in [0.5, 0.6) is 0 Å². The maximum absolute atomic E-state index is 13.0. The molecule has 2 rings (SSSR count). The Balaban J connectivity index is 2.50. The van der Waals surface area contributed by atoms with Gasteiger partial charge in [0.15, 0.2) is 0 Å². The van der Waals surface area contributed by atoms with Gasteiger partial charge in [-0.25, -0.2) is 9.37 Å². The van der Waals surface area contributed by atoms with Gasteiger partial charge in [0.05, 0.1) is 4.47 Å². The van der Waals surface area contributed by atoms with Gasteiger partial charge in [0.1, 0.15) is 5.82 Å². The van der Waals surface area contributed by atoms with E-state index in [9.17, 15) is 4.39 Å². The highest BCUT2D eigenvalue weighted by Crippen LogP contribution is 2.21. The number of imidazole rings is 1. The normalized spacial score (nSPS) is 10.3. The Morgan fingerprint density at radius 2 is 2.27 bits per heavy atom. The fourth-order valence-electron chi connectivity index (χ4n) is 1.33. The van der Waals surface area contributed by atoms with Crippen molar-refractivity contribution < 1.29 is 4.39 Å². The van der Waals surface area contributed by atoms with Crippen molar-refractivity contribution in [2.45, 2.75) is 0 Å². The Hall–Kier alpha value is -1.36. The van der Waals surface area contributed by atoms with E-state index in [2.05, 4.69) is 26.2 Å². The van der Waals surface area contributed by atoms with Crippen molar-refractivity contribution in [1.29, 1.82) is 0 Å². The van der Waals surface area contributed by atoms with Crippen molar-refractivity contribution >= 4 is 21.9 Å². The molecule has 1 aromatic carbocycles. The zero-order valence-corrected chi connectivity index (χ0v) is 9.62. The molecule has 0 bridgehead atoms. The topological polar surface area (TPSA) is 29.9 Å². The van der Waals surface area contributed by atoms with Crippen LogP contribution in [0.15, 0.2) is 35.1 Å². The van der Waals surface area contributed by atoms with Gasteiger partial charge in [-0.3, -0.25) is 4.57 Å². The summed E-state index contributed by atoms with van der Waals surface area (Å²) in [6.45, 7) is 0. The molecule has 2 aromatic rings. The molecule has 0 radical (unpaired) electrons. The van der Waals surface area contributed by atoms with Crippen LogP contribution in [0.25, 0.3) is 5.69 Å². The Labute approximate surface area is 95.1 Å². The lowest BCUT2D eigenvalue weighted by Gasteiger charge is -2.07. The molecule has 15 heavy (non-hydrogen) atoms. The molecule has 0 spiro atoms. The Morgan fingerprint density at radius 3 is 2.93 bits per heavy atom. The van der Waals surface area contributed by atoms with Crippen LogP contribution in [-0.4, -0.2) is 16.6 Å². The first-order valence-electron chi connectivity index (χ1n) is 4.39. The van der Waals surface area contributed by atoms with Gasteiger partial charge in [-0.05, 0) is 34.1 Å². The molecule has 78 valence electrons. The smallest absolute Gasteiger partial charge is 0.207 e. The molecule has 0 atom stereocenters. The molecular weight excluding hydrogens is 261 g/mol. The fraction of sp³-hybridized carbons (Fsp3) is 0.100. The van der Waals surface area contributed by atoms with E-state index in [1.54, 1.807) is 25.4 Å². The van der Waals surface area contributed by atoms with Crippen molar-refractivity contribution in [3.8, 4) is 5.69 Å². The first kappa shape index (κ1) is 10.2. The van der Waals surface area contributed by atoms with E-state index in [0.29, 0.717) is 10.4 Å². The predicted molar refractivity (Wildman–Crippen MR) is 60.8 cm³/mol. The quantitative estimate of drug-likeness (QED) is 0.909. The lowest BCUT2D eigenvalue weighted by atomic mass is 10.3. The van der Waals surface area contributed by atoms with E-state index < -0.39 is 0 Å². The Kier molecular flexibility index (Phi) is 2.73. The van der Waals surface area contributed by atoms with Crippen LogP contribution in [0.4, 0.5) is 10.3 Å². The van der Waals surface area contributed by atoms with Crippen LogP contribution < -0.4 is 5.32 Å². The number of hydrogen-bond acceptors (Lipinski definition) is 2. The van der Waals surface area contributed by atoms with Crippen molar-refractivity contribution in [3.63, 3.8) is 0 Å². The van der Waals surface area contributed by atoms with Crippen LogP contribution in [0.2, 0.25) is 0 Å². The van der Waals surface area contributed by atoms with Crippen molar-refractivity contribution in [2.24, 2.45) is 0 Å². The number of nitrogens with one attached hydrogen (secondary N) is 1. The molecule has 0 saturated carbocycles. The highest BCUT2D eigenvalue weighted by Gasteiger charge is 2.05. The van der Waals surface area contributed by atoms with E-state index in [1.165, 1.54) is 6.07 Å². The van der Waals surface area contributed by atoms with Crippen LogP contribution in [0.3, 0.4) is 0 Å². The maximum atomic E-state index is 13.0. The third kappa shape index (κ3) is 1.87. The lowest BCUT2D eigenvalue weighted by Crippen LogP contribution is -2.00. The van der Waals surface area contributed by atoms with Gasteiger partial charge < -0.3 is 5.32 Å². The third-order valence-corrected chi connectivity index (χ3v) is 2.65. The van der Waals surface area contributed by atoms with Crippen LogP contribution in [0.1, 0.15) is 0 Å². The molecule has 1 heterocycles. The van der Waals surface area contributed by atoms with Gasteiger partial charge >= 0.3 is 0 Å². The molecule has 0 unspecified atom stereocenters. The largest absolute Gasteiger partial charge is 0.358 e. The van der Waals surface area contributed by atoms with E-state index in [4.69, 9.17) is 0 Å². The Morgan fingerprint density at radius 1 is 1.47 bits per heavy atom. The van der Waals surface area contributed by atoms with Crippen molar-refractivity contribution in [2.75, 3.05) is 12.4 Å². The summed E-state index contributed by atoms with van der Waals surface area (Å²) in [5.74, 6) is 0.443. The SMILES string of the molecule is CNc1nccn1-c1ccc(F)c(Br)c1. The summed E-state index contributed by atoms with van der Waals surface area (Å²) in [5.41, 5.74) is 0.852. The molecule has 1 N–H and O–H groups in total. The molecule has 3 nitrogen and oxygen atoms in total. The summed E-state index contributed by atoms with van der Waals surface area (Å²) in [4.78, 5) is 4.11. The highest BCUT2D eigenvalue weighted by atomic mass is 79.9. The van der Waals surface area contributed by atoms with Gasteiger partial charge in [-0.2, -0.15) is 0 Å². The van der Waals surface area contributed by atoms with Crippen LogP contribution in [0, 0.1) is 5.82 Å². The fourth-order valence-corrected chi connectivity index (χ4v) is 1.70. The molecule has 0 aliphatic rings. The number of rotatable bonds is 2. The lowest BCUT2D eigenvalue weighted by molar-refractivity contribution is 0.620. The third-order valence-electron chi connectivity index (χ3n) is 2.05. The molecule has 1 aromatic heterocycles. The minimum atomic E-state index is -0.273. The summed E-state index contributed by atoms with van der Waals surface area (Å²) in [5, 5.41) is 2.95. The standard InChI is InChI=1S/C10H9BrFN3/c1-13-10-14-4-5-15(10)7-2-3-9(12)8(11)6-7/h2-6H,1H3,(H,13,14). The average Bonchev–Trinajstić information content (AvgIpc) is 2.70. The van der Waals surface area contributed by atoms with Gasteiger partial charge in [0, 0.05) is 25.1 Å². The maximum Gasteiger partial charge on any atom is 0.207 e. The van der Waals surface area contributed by atoms with Gasteiger partial charge in [-0.1, -0.05) is 0 Å².